The fourth-order valence-corrected chi connectivity index (χ4v) is 2.92. The number of rotatable bonds is 6. The van der Waals surface area contributed by atoms with E-state index in [1.165, 1.54) is 18.2 Å². The number of carbonyl (C=O) groups excluding carboxylic acids is 2. The highest BCUT2D eigenvalue weighted by Gasteiger charge is 2.27. The van der Waals surface area contributed by atoms with Gasteiger partial charge in [0.15, 0.2) is 0 Å². The molecule has 0 aliphatic carbocycles. The average Bonchev–Trinajstić information content (AvgIpc) is 2.55. The van der Waals surface area contributed by atoms with Gasteiger partial charge >= 0.3 is 5.97 Å². The second-order valence-electron chi connectivity index (χ2n) is 5.77. The molecule has 1 aliphatic rings. The van der Waals surface area contributed by atoms with Gasteiger partial charge in [-0.1, -0.05) is 11.6 Å². The number of amides is 1. The van der Waals surface area contributed by atoms with E-state index in [9.17, 15) is 19.7 Å². The Morgan fingerprint density at radius 2 is 2.08 bits per heavy atom. The number of carbonyl (C=O) groups is 2. The van der Waals surface area contributed by atoms with Crippen LogP contribution in [0.2, 0.25) is 5.02 Å². The lowest BCUT2D eigenvalue weighted by atomic mass is 9.97. The molecule has 136 valence electrons. The molecule has 0 radical (unpaired) electrons. The van der Waals surface area contributed by atoms with Crippen LogP contribution in [0.25, 0.3) is 0 Å². The number of nitro benzene ring substituents is 1. The third-order valence-corrected chi connectivity index (χ3v) is 4.24. The summed E-state index contributed by atoms with van der Waals surface area (Å²) in [5.41, 5.74) is -0.136. The number of likely N-dealkylation sites (tertiary alicyclic amines) is 1. The standard InChI is InChI=1S/C16H20ClN3O5/c1-2-25-16(22)11-5-7-19(8-6-11)10-15(21)18-13-9-12(17)3-4-14(13)20(23)24/h3-4,9,11H,2,5-8,10H2,1H3,(H,18,21). The van der Waals surface area contributed by atoms with Gasteiger partial charge in [0.25, 0.3) is 5.69 Å². The van der Waals surface area contributed by atoms with Gasteiger partial charge in [-0.3, -0.25) is 24.6 Å². The molecule has 1 fully saturated rings. The van der Waals surface area contributed by atoms with E-state index < -0.39 is 4.92 Å². The number of hydrogen-bond donors (Lipinski definition) is 1. The van der Waals surface area contributed by atoms with Crippen LogP contribution in [0, 0.1) is 16.0 Å². The molecular formula is C16H20ClN3O5. The Morgan fingerprint density at radius 3 is 2.68 bits per heavy atom. The van der Waals surface area contributed by atoms with Crippen molar-refractivity contribution < 1.29 is 19.2 Å². The molecule has 1 saturated heterocycles. The van der Waals surface area contributed by atoms with E-state index in [1.54, 1.807) is 6.92 Å². The monoisotopic (exact) mass is 369 g/mol. The van der Waals surface area contributed by atoms with Crippen LogP contribution in [-0.4, -0.2) is 47.9 Å². The summed E-state index contributed by atoms with van der Waals surface area (Å²) in [4.78, 5) is 36.2. The third kappa shape index (κ3) is 5.40. The molecule has 1 aliphatic heterocycles. The molecule has 0 saturated carbocycles. The number of nitrogens with one attached hydrogen (secondary N) is 1. The van der Waals surface area contributed by atoms with Crippen LogP contribution in [0.1, 0.15) is 19.8 Å². The summed E-state index contributed by atoms with van der Waals surface area (Å²) in [6.45, 7) is 3.41. The molecule has 2 rings (SSSR count). The second-order valence-corrected chi connectivity index (χ2v) is 6.21. The minimum Gasteiger partial charge on any atom is -0.466 e. The Labute approximate surface area is 150 Å². The predicted octanol–water partition coefficient (Wildman–Crippen LogP) is 2.46. The molecule has 0 spiro atoms. The summed E-state index contributed by atoms with van der Waals surface area (Å²) in [6, 6.07) is 4.00. The Balaban J connectivity index is 1.89. The van der Waals surface area contributed by atoms with Crippen LogP contribution < -0.4 is 5.32 Å². The molecule has 25 heavy (non-hydrogen) atoms. The number of esters is 1. The second kappa shape index (κ2) is 8.77. The molecule has 9 heteroatoms. The SMILES string of the molecule is CCOC(=O)C1CCN(CC(=O)Nc2cc(Cl)ccc2[N+](=O)[O-])CC1. The van der Waals surface area contributed by atoms with E-state index in [4.69, 9.17) is 16.3 Å². The van der Waals surface area contributed by atoms with Gasteiger partial charge in [0.2, 0.25) is 5.91 Å². The Hall–Kier alpha value is -2.19. The summed E-state index contributed by atoms with van der Waals surface area (Å²) in [6.07, 6.45) is 1.26. The van der Waals surface area contributed by atoms with Crippen molar-refractivity contribution >= 4 is 34.9 Å². The topological polar surface area (TPSA) is 102 Å². The minimum atomic E-state index is -0.573. The fourth-order valence-electron chi connectivity index (χ4n) is 2.75. The summed E-state index contributed by atoms with van der Waals surface area (Å²) < 4.78 is 5.01. The van der Waals surface area contributed by atoms with Crippen LogP contribution in [-0.2, 0) is 14.3 Å². The summed E-state index contributed by atoms with van der Waals surface area (Å²) >= 11 is 5.84. The van der Waals surface area contributed by atoms with Gasteiger partial charge in [-0.15, -0.1) is 0 Å². The van der Waals surface area contributed by atoms with Crippen molar-refractivity contribution in [3.8, 4) is 0 Å². The first kappa shape index (κ1) is 19.1. The highest BCUT2D eigenvalue weighted by molar-refractivity contribution is 6.31. The van der Waals surface area contributed by atoms with E-state index in [0.29, 0.717) is 37.6 Å². The maximum absolute atomic E-state index is 12.2. The quantitative estimate of drug-likeness (QED) is 0.469. The van der Waals surface area contributed by atoms with E-state index >= 15 is 0 Å². The van der Waals surface area contributed by atoms with Crippen LogP contribution in [0.15, 0.2) is 18.2 Å². The molecule has 1 heterocycles. The zero-order chi connectivity index (χ0) is 18.4. The average molecular weight is 370 g/mol. The van der Waals surface area contributed by atoms with Gasteiger partial charge in [0.1, 0.15) is 5.69 Å². The van der Waals surface area contributed by atoms with Crippen molar-refractivity contribution in [2.45, 2.75) is 19.8 Å². The van der Waals surface area contributed by atoms with Crippen LogP contribution in [0.4, 0.5) is 11.4 Å². The molecule has 8 nitrogen and oxygen atoms in total. The largest absolute Gasteiger partial charge is 0.466 e. The summed E-state index contributed by atoms with van der Waals surface area (Å²) in [5, 5.41) is 13.9. The predicted molar refractivity (Wildman–Crippen MR) is 92.5 cm³/mol. The van der Waals surface area contributed by atoms with Crippen LogP contribution in [0.3, 0.4) is 0 Å². The van der Waals surface area contributed by atoms with E-state index in [0.717, 1.165) is 0 Å². The van der Waals surface area contributed by atoms with E-state index in [-0.39, 0.29) is 35.7 Å². The fraction of sp³-hybridized carbons (Fsp3) is 0.500. The zero-order valence-corrected chi connectivity index (χ0v) is 14.6. The number of halogens is 1. The Morgan fingerprint density at radius 1 is 1.40 bits per heavy atom. The van der Waals surface area contributed by atoms with Crippen molar-refractivity contribution in [2.75, 3.05) is 31.6 Å². The van der Waals surface area contributed by atoms with Crippen LogP contribution in [0.5, 0.6) is 0 Å². The molecule has 0 unspecified atom stereocenters. The number of anilines is 1. The lowest BCUT2D eigenvalue weighted by Crippen LogP contribution is -2.41. The molecule has 0 aromatic heterocycles. The van der Waals surface area contributed by atoms with Crippen molar-refractivity contribution in [3.05, 3.63) is 33.3 Å². The number of piperidine rings is 1. The Bertz CT molecular complexity index is 659. The number of hydrogen-bond acceptors (Lipinski definition) is 6. The number of nitro groups is 1. The molecule has 1 N–H and O–H groups in total. The van der Waals surface area contributed by atoms with Crippen molar-refractivity contribution in [1.82, 2.24) is 4.90 Å². The molecule has 0 atom stereocenters. The van der Waals surface area contributed by atoms with Gasteiger partial charge < -0.3 is 10.1 Å². The molecule has 1 aromatic rings. The Kier molecular flexibility index (Phi) is 6.72. The van der Waals surface area contributed by atoms with Crippen LogP contribution >= 0.6 is 11.6 Å². The van der Waals surface area contributed by atoms with Gasteiger partial charge in [-0.25, -0.2) is 0 Å². The van der Waals surface area contributed by atoms with E-state index in [1.807, 2.05) is 4.90 Å². The minimum absolute atomic E-state index is 0.0731. The summed E-state index contributed by atoms with van der Waals surface area (Å²) in [7, 11) is 0. The highest BCUT2D eigenvalue weighted by Crippen LogP contribution is 2.27. The van der Waals surface area contributed by atoms with Gasteiger partial charge in [-0.2, -0.15) is 0 Å². The lowest BCUT2D eigenvalue weighted by Gasteiger charge is -2.30. The first-order chi connectivity index (χ1) is 11.9. The first-order valence-electron chi connectivity index (χ1n) is 8.03. The van der Waals surface area contributed by atoms with Gasteiger partial charge in [0.05, 0.1) is 24.0 Å². The maximum Gasteiger partial charge on any atom is 0.309 e. The number of benzene rings is 1. The molecule has 0 bridgehead atoms. The highest BCUT2D eigenvalue weighted by atomic mass is 35.5. The zero-order valence-electron chi connectivity index (χ0n) is 13.9. The summed E-state index contributed by atoms with van der Waals surface area (Å²) in [5.74, 6) is -0.686. The number of ether oxygens (including phenoxy) is 1. The van der Waals surface area contributed by atoms with Gasteiger partial charge in [0, 0.05) is 11.1 Å². The lowest BCUT2D eigenvalue weighted by molar-refractivity contribution is -0.383. The smallest absolute Gasteiger partial charge is 0.309 e. The van der Waals surface area contributed by atoms with Crippen molar-refractivity contribution in [2.24, 2.45) is 5.92 Å². The molecule has 1 aromatic carbocycles. The number of nitrogens with zero attached hydrogens (tertiary/aromatic N) is 2. The van der Waals surface area contributed by atoms with E-state index in [2.05, 4.69) is 5.32 Å². The third-order valence-electron chi connectivity index (χ3n) is 4.00. The molecule has 1 amide bonds. The normalized spacial score (nSPS) is 15.6. The maximum atomic E-state index is 12.2. The van der Waals surface area contributed by atoms with Crippen molar-refractivity contribution in [1.29, 1.82) is 0 Å². The first-order valence-corrected chi connectivity index (χ1v) is 8.41. The van der Waals surface area contributed by atoms with Crippen molar-refractivity contribution in [3.63, 3.8) is 0 Å². The molecular weight excluding hydrogens is 350 g/mol. The van der Waals surface area contributed by atoms with Gasteiger partial charge in [-0.05, 0) is 45.0 Å².